The van der Waals surface area contributed by atoms with E-state index in [9.17, 15) is 13.2 Å². The molecule has 8 nitrogen and oxygen atoms in total. The molecule has 2 N–H and O–H groups in total. The first-order valence-corrected chi connectivity index (χ1v) is 12.5. The Morgan fingerprint density at radius 3 is 2.06 bits per heavy atom. The maximum absolute atomic E-state index is 12.9. The molecule has 35 heavy (non-hydrogen) atoms. The van der Waals surface area contributed by atoms with Gasteiger partial charge in [0.25, 0.3) is 10.0 Å². The maximum atomic E-state index is 12.9. The normalized spacial score (nSPS) is 11.0. The highest BCUT2D eigenvalue weighted by atomic mass is 35.5. The number of anilines is 2. The second-order valence-corrected chi connectivity index (χ2v) is 9.76. The number of sulfonamides is 1. The number of aryl methyl sites for hydroxylation is 2. The van der Waals surface area contributed by atoms with Gasteiger partial charge in [-0.05, 0) is 73.0 Å². The third-order valence-corrected chi connectivity index (χ3v) is 7.00. The summed E-state index contributed by atoms with van der Waals surface area (Å²) in [5.74, 6) is 1.22. The van der Waals surface area contributed by atoms with Crippen LogP contribution in [0.4, 0.5) is 11.4 Å². The average molecular weight is 519 g/mol. The molecule has 0 atom stereocenters. The summed E-state index contributed by atoms with van der Waals surface area (Å²) in [6.45, 7) is 1.69. The topological polar surface area (TPSA) is 103 Å². The summed E-state index contributed by atoms with van der Waals surface area (Å²) >= 11 is 5.87. The highest BCUT2D eigenvalue weighted by molar-refractivity contribution is 7.92. The third kappa shape index (κ3) is 6.58. The number of nitrogens with one attached hydrogen (secondary N) is 2. The molecule has 10 heteroatoms. The van der Waals surface area contributed by atoms with Gasteiger partial charge in [-0.2, -0.15) is 0 Å². The van der Waals surface area contributed by atoms with Gasteiger partial charge in [0.15, 0.2) is 11.5 Å². The number of hydrogen-bond acceptors (Lipinski definition) is 6. The van der Waals surface area contributed by atoms with E-state index in [4.69, 9.17) is 25.8 Å². The Kier molecular flexibility index (Phi) is 8.48. The van der Waals surface area contributed by atoms with E-state index in [1.54, 1.807) is 55.5 Å². The van der Waals surface area contributed by atoms with Gasteiger partial charge in [-0.3, -0.25) is 9.52 Å². The lowest BCUT2D eigenvalue weighted by Gasteiger charge is -2.14. The van der Waals surface area contributed by atoms with Gasteiger partial charge in [-0.25, -0.2) is 8.42 Å². The minimum absolute atomic E-state index is 0.0647. The molecule has 0 bridgehead atoms. The van der Waals surface area contributed by atoms with Gasteiger partial charge in [0, 0.05) is 22.8 Å². The van der Waals surface area contributed by atoms with E-state index in [0.717, 1.165) is 5.56 Å². The SMILES string of the molecule is COc1cc(CCC(=O)Nc2ccc(C)c(S(=O)(=O)Nc3ccc(Cl)cc3)c2)cc(OC)c1OC. The summed E-state index contributed by atoms with van der Waals surface area (Å²) in [6.07, 6.45) is 0.579. The minimum atomic E-state index is -3.88. The maximum Gasteiger partial charge on any atom is 0.262 e. The van der Waals surface area contributed by atoms with Gasteiger partial charge in [-0.15, -0.1) is 0 Å². The monoisotopic (exact) mass is 518 g/mol. The van der Waals surface area contributed by atoms with E-state index in [-0.39, 0.29) is 17.2 Å². The van der Waals surface area contributed by atoms with Crippen LogP contribution in [0.3, 0.4) is 0 Å². The van der Waals surface area contributed by atoms with Crippen molar-refractivity contribution >= 4 is 38.9 Å². The van der Waals surface area contributed by atoms with Gasteiger partial charge >= 0.3 is 0 Å². The van der Waals surface area contributed by atoms with Crippen molar-refractivity contribution in [2.45, 2.75) is 24.7 Å². The zero-order valence-electron chi connectivity index (χ0n) is 19.8. The molecule has 0 saturated carbocycles. The fourth-order valence-corrected chi connectivity index (χ4v) is 4.91. The van der Waals surface area contributed by atoms with Crippen molar-refractivity contribution in [1.82, 2.24) is 0 Å². The predicted molar refractivity (Wildman–Crippen MR) is 136 cm³/mol. The van der Waals surface area contributed by atoms with Crippen LogP contribution in [-0.4, -0.2) is 35.7 Å². The van der Waals surface area contributed by atoms with Gasteiger partial charge in [0.05, 0.1) is 26.2 Å². The number of ether oxygens (including phenoxy) is 3. The first-order chi connectivity index (χ1) is 16.7. The first-order valence-electron chi connectivity index (χ1n) is 10.6. The van der Waals surface area contributed by atoms with Crippen molar-refractivity contribution in [3.05, 3.63) is 70.7 Å². The highest BCUT2D eigenvalue weighted by Crippen LogP contribution is 2.38. The minimum Gasteiger partial charge on any atom is -0.493 e. The van der Waals surface area contributed by atoms with Crippen molar-refractivity contribution in [3.63, 3.8) is 0 Å². The molecular formula is C25H27ClN2O6S. The summed E-state index contributed by atoms with van der Waals surface area (Å²) in [4.78, 5) is 12.7. The lowest BCUT2D eigenvalue weighted by atomic mass is 10.1. The summed E-state index contributed by atoms with van der Waals surface area (Å²) in [6, 6.07) is 14.6. The molecule has 3 aromatic carbocycles. The van der Waals surface area contributed by atoms with Crippen molar-refractivity contribution in [2.24, 2.45) is 0 Å². The molecule has 3 rings (SSSR count). The number of rotatable bonds is 10. The molecule has 0 spiro atoms. The summed E-state index contributed by atoms with van der Waals surface area (Å²) < 4.78 is 44.4. The number of methoxy groups -OCH3 is 3. The van der Waals surface area contributed by atoms with E-state index >= 15 is 0 Å². The third-order valence-electron chi connectivity index (χ3n) is 5.22. The molecule has 0 fully saturated rings. The van der Waals surface area contributed by atoms with Crippen LogP contribution in [0.5, 0.6) is 17.2 Å². The molecule has 0 unspecified atom stereocenters. The smallest absolute Gasteiger partial charge is 0.262 e. The molecule has 0 aliphatic carbocycles. The molecule has 186 valence electrons. The lowest BCUT2D eigenvalue weighted by molar-refractivity contribution is -0.116. The molecule has 0 radical (unpaired) electrons. The molecule has 0 saturated heterocycles. The number of hydrogen-bond donors (Lipinski definition) is 2. The Balaban J connectivity index is 1.71. The van der Waals surface area contributed by atoms with Gasteiger partial charge in [0.1, 0.15) is 0 Å². The van der Waals surface area contributed by atoms with Crippen LogP contribution in [0.1, 0.15) is 17.5 Å². The first kappa shape index (κ1) is 26.2. The molecule has 1 amide bonds. The zero-order valence-corrected chi connectivity index (χ0v) is 21.4. The second kappa shape index (κ2) is 11.3. The van der Waals surface area contributed by atoms with E-state index in [2.05, 4.69) is 10.0 Å². The molecule has 0 aromatic heterocycles. The van der Waals surface area contributed by atoms with Crippen LogP contribution in [-0.2, 0) is 21.2 Å². The van der Waals surface area contributed by atoms with Gasteiger partial charge in [0.2, 0.25) is 11.7 Å². The Hall–Kier alpha value is -3.43. The Bertz CT molecular complexity index is 1290. The van der Waals surface area contributed by atoms with Crippen molar-refractivity contribution in [2.75, 3.05) is 31.4 Å². The second-order valence-electron chi connectivity index (χ2n) is 7.67. The fourth-order valence-electron chi connectivity index (χ4n) is 3.46. The average Bonchev–Trinajstić information content (AvgIpc) is 2.84. The fraction of sp³-hybridized carbons (Fsp3) is 0.240. The Morgan fingerprint density at radius 2 is 1.49 bits per heavy atom. The summed E-state index contributed by atoms with van der Waals surface area (Å²) in [5.41, 5.74) is 2.13. The van der Waals surface area contributed by atoms with Crippen LogP contribution in [0, 0.1) is 6.92 Å². The molecule has 0 heterocycles. The number of amides is 1. The van der Waals surface area contributed by atoms with E-state index in [1.807, 2.05) is 0 Å². The molecule has 3 aromatic rings. The number of carbonyl (C=O) groups excluding carboxylic acids is 1. The van der Waals surface area contributed by atoms with Crippen LogP contribution < -0.4 is 24.2 Å². The quantitative estimate of drug-likeness (QED) is 0.389. The van der Waals surface area contributed by atoms with Gasteiger partial charge < -0.3 is 19.5 Å². The largest absolute Gasteiger partial charge is 0.493 e. The predicted octanol–water partition coefficient (Wildman–Crippen LogP) is 5.05. The van der Waals surface area contributed by atoms with Crippen LogP contribution in [0.15, 0.2) is 59.5 Å². The number of halogens is 1. The highest BCUT2D eigenvalue weighted by Gasteiger charge is 2.19. The van der Waals surface area contributed by atoms with E-state index in [0.29, 0.717) is 45.6 Å². The van der Waals surface area contributed by atoms with Crippen molar-refractivity contribution in [3.8, 4) is 17.2 Å². The zero-order chi connectivity index (χ0) is 25.6. The van der Waals surface area contributed by atoms with Crippen LogP contribution in [0.25, 0.3) is 0 Å². The van der Waals surface area contributed by atoms with Crippen molar-refractivity contribution < 1.29 is 27.4 Å². The number of benzene rings is 3. The molecule has 0 aliphatic rings. The van der Waals surface area contributed by atoms with Crippen molar-refractivity contribution in [1.29, 1.82) is 0 Å². The van der Waals surface area contributed by atoms with Crippen LogP contribution >= 0.6 is 11.6 Å². The molecular weight excluding hydrogens is 492 g/mol. The molecule has 0 aliphatic heterocycles. The summed E-state index contributed by atoms with van der Waals surface area (Å²) in [5, 5.41) is 3.27. The van der Waals surface area contributed by atoms with Crippen LogP contribution in [0.2, 0.25) is 5.02 Å². The van der Waals surface area contributed by atoms with E-state index < -0.39 is 10.0 Å². The summed E-state index contributed by atoms with van der Waals surface area (Å²) in [7, 11) is 0.699. The lowest BCUT2D eigenvalue weighted by Crippen LogP contribution is -2.16. The van der Waals surface area contributed by atoms with E-state index in [1.165, 1.54) is 27.4 Å². The Labute approximate surface area is 210 Å². The standard InChI is InChI=1S/C25H27ClN2O6S/c1-16-5-9-20(15-23(16)35(30,31)28-19-10-7-18(26)8-11-19)27-24(29)12-6-17-13-21(32-2)25(34-4)22(14-17)33-3/h5,7-11,13-15,28H,6,12H2,1-4H3,(H,27,29). The Morgan fingerprint density at radius 1 is 0.886 bits per heavy atom. The van der Waals surface area contributed by atoms with Gasteiger partial charge in [-0.1, -0.05) is 17.7 Å². The number of carbonyl (C=O) groups is 1.